The molecule has 2 heteroatoms. The molecule has 0 N–H and O–H groups in total. The molecule has 2 aromatic rings. The highest BCUT2D eigenvalue weighted by Gasteiger charge is 2.04. The predicted molar refractivity (Wildman–Crippen MR) is 55.2 cm³/mol. The van der Waals surface area contributed by atoms with Crippen LogP contribution in [0.5, 0.6) is 0 Å². The van der Waals surface area contributed by atoms with Crippen molar-refractivity contribution in [3.8, 4) is 11.8 Å². The van der Waals surface area contributed by atoms with Crippen molar-refractivity contribution in [1.29, 1.82) is 5.26 Å². The second-order valence-electron chi connectivity index (χ2n) is 3.14. The van der Waals surface area contributed by atoms with Crippen LogP contribution in [0.2, 0.25) is 0 Å². The molecule has 2 rings (SSSR count). The monoisotopic (exact) mass is 182 g/mol. The summed E-state index contributed by atoms with van der Waals surface area (Å²) in [5, 5.41) is 8.92. The molecular weight excluding hydrogens is 172 g/mol. The Morgan fingerprint density at radius 1 is 1.07 bits per heavy atom. The van der Waals surface area contributed by atoms with Gasteiger partial charge in [-0.25, -0.2) is 0 Å². The zero-order chi connectivity index (χ0) is 9.97. The van der Waals surface area contributed by atoms with Gasteiger partial charge in [0.15, 0.2) is 0 Å². The zero-order valence-electron chi connectivity index (χ0n) is 7.94. The minimum Gasteiger partial charge on any atom is -0.306 e. The molecule has 2 nitrogen and oxygen atoms in total. The summed E-state index contributed by atoms with van der Waals surface area (Å²) in [7, 11) is 0. The normalized spacial score (nSPS) is 9.71. The lowest BCUT2D eigenvalue weighted by molar-refractivity contribution is 0.994. The van der Waals surface area contributed by atoms with Gasteiger partial charge in [-0.15, -0.1) is 0 Å². The van der Waals surface area contributed by atoms with Gasteiger partial charge >= 0.3 is 0 Å². The minimum atomic E-state index is 0.675. The topological polar surface area (TPSA) is 28.7 Å². The van der Waals surface area contributed by atoms with E-state index in [9.17, 15) is 0 Å². The van der Waals surface area contributed by atoms with Crippen molar-refractivity contribution in [2.45, 2.75) is 6.92 Å². The fourth-order valence-corrected chi connectivity index (χ4v) is 1.55. The van der Waals surface area contributed by atoms with Crippen molar-refractivity contribution < 1.29 is 0 Å². The zero-order valence-corrected chi connectivity index (χ0v) is 7.94. The Morgan fingerprint density at radius 3 is 2.43 bits per heavy atom. The number of benzene rings is 1. The van der Waals surface area contributed by atoms with Gasteiger partial charge < -0.3 is 4.57 Å². The van der Waals surface area contributed by atoms with Crippen LogP contribution in [-0.4, -0.2) is 4.57 Å². The molecule has 1 aromatic heterocycles. The first-order valence-electron chi connectivity index (χ1n) is 4.47. The SMILES string of the molecule is Cc1ccc(C#N)n1-c1ccccc1. The van der Waals surface area contributed by atoms with E-state index in [2.05, 4.69) is 6.07 Å². The molecule has 1 heterocycles. The summed E-state index contributed by atoms with van der Waals surface area (Å²) in [6.45, 7) is 1.99. The third-order valence-electron chi connectivity index (χ3n) is 2.20. The quantitative estimate of drug-likeness (QED) is 0.666. The van der Waals surface area contributed by atoms with Gasteiger partial charge in [-0.1, -0.05) is 18.2 Å². The van der Waals surface area contributed by atoms with Gasteiger partial charge in [0.2, 0.25) is 0 Å². The van der Waals surface area contributed by atoms with E-state index in [1.165, 1.54) is 0 Å². The molecule has 0 aliphatic rings. The van der Waals surface area contributed by atoms with Crippen LogP contribution in [0.25, 0.3) is 5.69 Å². The van der Waals surface area contributed by atoms with Crippen molar-refractivity contribution in [2.75, 3.05) is 0 Å². The van der Waals surface area contributed by atoms with Gasteiger partial charge in [0.25, 0.3) is 0 Å². The third kappa shape index (κ3) is 1.29. The molecule has 68 valence electrons. The molecule has 0 radical (unpaired) electrons. The minimum absolute atomic E-state index is 0.675. The number of hydrogen-bond donors (Lipinski definition) is 0. The number of aromatic nitrogens is 1. The highest BCUT2D eigenvalue weighted by Crippen LogP contribution is 2.15. The molecule has 0 unspecified atom stereocenters. The highest BCUT2D eigenvalue weighted by molar-refractivity contribution is 5.41. The standard InChI is InChI=1S/C12H10N2/c1-10-7-8-12(9-13)14(10)11-5-3-2-4-6-11/h2-8H,1H3. The van der Waals surface area contributed by atoms with Crippen molar-refractivity contribution >= 4 is 0 Å². The average molecular weight is 182 g/mol. The largest absolute Gasteiger partial charge is 0.306 e. The van der Waals surface area contributed by atoms with Crippen LogP contribution in [0.3, 0.4) is 0 Å². The molecule has 0 aliphatic carbocycles. The van der Waals surface area contributed by atoms with Gasteiger partial charge in [-0.05, 0) is 31.2 Å². The molecule has 1 aromatic carbocycles. The maximum atomic E-state index is 8.92. The summed E-state index contributed by atoms with van der Waals surface area (Å²) in [4.78, 5) is 0. The van der Waals surface area contributed by atoms with E-state index in [1.807, 2.05) is 54.0 Å². The van der Waals surface area contributed by atoms with Gasteiger partial charge in [0, 0.05) is 11.4 Å². The Labute approximate surface area is 83.0 Å². The first-order chi connectivity index (χ1) is 6.83. The van der Waals surface area contributed by atoms with Crippen LogP contribution < -0.4 is 0 Å². The maximum Gasteiger partial charge on any atom is 0.124 e. The Hall–Kier alpha value is -2.01. The first kappa shape index (κ1) is 8.58. The van der Waals surface area contributed by atoms with E-state index in [-0.39, 0.29) is 0 Å². The summed E-state index contributed by atoms with van der Waals surface area (Å²) in [6, 6.07) is 15.9. The van der Waals surface area contributed by atoms with Crippen molar-refractivity contribution in [3.05, 3.63) is 53.9 Å². The van der Waals surface area contributed by atoms with Crippen molar-refractivity contribution in [2.24, 2.45) is 0 Å². The van der Waals surface area contributed by atoms with E-state index < -0.39 is 0 Å². The number of nitriles is 1. The third-order valence-corrected chi connectivity index (χ3v) is 2.20. The first-order valence-corrected chi connectivity index (χ1v) is 4.47. The van der Waals surface area contributed by atoms with Crippen LogP contribution in [-0.2, 0) is 0 Å². The summed E-state index contributed by atoms with van der Waals surface area (Å²) in [5.74, 6) is 0. The Balaban J connectivity index is 2.63. The molecule has 0 aliphatic heterocycles. The predicted octanol–water partition coefficient (Wildman–Crippen LogP) is 2.66. The lowest BCUT2D eigenvalue weighted by Gasteiger charge is -2.06. The van der Waals surface area contributed by atoms with E-state index in [4.69, 9.17) is 5.26 Å². The van der Waals surface area contributed by atoms with Gasteiger partial charge in [0.05, 0.1) is 0 Å². The van der Waals surface area contributed by atoms with Crippen LogP contribution in [0.4, 0.5) is 0 Å². The molecule has 0 spiro atoms. The van der Waals surface area contributed by atoms with E-state index in [1.54, 1.807) is 0 Å². The van der Waals surface area contributed by atoms with Crippen LogP contribution in [0.15, 0.2) is 42.5 Å². The fourth-order valence-electron chi connectivity index (χ4n) is 1.55. The lowest BCUT2D eigenvalue weighted by Crippen LogP contribution is -1.98. The summed E-state index contributed by atoms with van der Waals surface area (Å²) < 4.78 is 1.94. The number of rotatable bonds is 1. The number of para-hydroxylation sites is 1. The second kappa shape index (κ2) is 3.39. The number of aryl methyl sites for hydroxylation is 1. The fraction of sp³-hybridized carbons (Fsp3) is 0.0833. The Bertz CT molecular complexity index is 475. The van der Waals surface area contributed by atoms with Crippen molar-refractivity contribution in [1.82, 2.24) is 4.57 Å². The van der Waals surface area contributed by atoms with Gasteiger partial charge in [0.1, 0.15) is 11.8 Å². The number of nitrogens with zero attached hydrogens (tertiary/aromatic N) is 2. The van der Waals surface area contributed by atoms with Gasteiger partial charge in [-0.3, -0.25) is 0 Å². The average Bonchev–Trinajstić information content (AvgIpc) is 2.61. The molecule has 0 saturated heterocycles. The molecule has 0 atom stereocenters. The van der Waals surface area contributed by atoms with E-state index in [0.717, 1.165) is 11.4 Å². The summed E-state index contributed by atoms with van der Waals surface area (Å²) >= 11 is 0. The van der Waals surface area contributed by atoms with E-state index >= 15 is 0 Å². The molecular formula is C12H10N2. The van der Waals surface area contributed by atoms with Crippen LogP contribution >= 0.6 is 0 Å². The van der Waals surface area contributed by atoms with Crippen LogP contribution in [0, 0.1) is 18.3 Å². The van der Waals surface area contributed by atoms with Crippen molar-refractivity contribution in [3.63, 3.8) is 0 Å². The lowest BCUT2D eigenvalue weighted by atomic mass is 10.3. The Morgan fingerprint density at radius 2 is 1.79 bits per heavy atom. The maximum absolute atomic E-state index is 8.92. The molecule has 0 saturated carbocycles. The molecule has 0 fully saturated rings. The molecule has 0 bridgehead atoms. The molecule has 14 heavy (non-hydrogen) atoms. The Kier molecular flexibility index (Phi) is 2.08. The smallest absolute Gasteiger partial charge is 0.124 e. The van der Waals surface area contributed by atoms with Gasteiger partial charge in [-0.2, -0.15) is 5.26 Å². The summed E-state index contributed by atoms with van der Waals surface area (Å²) in [6.07, 6.45) is 0. The summed E-state index contributed by atoms with van der Waals surface area (Å²) in [5.41, 5.74) is 2.79. The number of hydrogen-bond acceptors (Lipinski definition) is 1. The molecule has 0 amide bonds. The second-order valence-corrected chi connectivity index (χ2v) is 3.14. The highest BCUT2D eigenvalue weighted by atomic mass is 15.0. The van der Waals surface area contributed by atoms with Crippen LogP contribution in [0.1, 0.15) is 11.4 Å². The van der Waals surface area contributed by atoms with E-state index in [0.29, 0.717) is 5.69 Å².